The first kappa shape index (κ1) is 26.3. The summed E-state index contributed by atoms with van der Waals surface area (Å²) in [7, 11) is 3.19. The van der Waals surface area contributed by atoms with Crippen LogP contribution in [0.3, 0.4) is 0 Å². The summed E-state index contributed by atoms with van der Waals surface area (Å²) in [5.74, 6) is 2.12. The van der Waals surface area contributed by atoms with E-state index in [1.807, 2.05) is 39.9 Å². The molecule has 0 bridgehead atoms. The number of hydrogen-bond acceptors (Lipinski definition) is 4. The zero-order chi connectivity index (χ0) is 28.5. The summed E-state index contributed by atoms with van der Waals surface area (Å²) in [6.45, 7) is 4.54. The van der Waals surface area contributed by atoms with Crippen molar-refractivity contribution >= 4 is 11.7 Å². The predicted molar refractivity (Wildman–Crippen MR) is 159 cm³/mol. The highest BCUT2D eigenvalue weighted by Gasteiger charge is 2.36. The van der Waals surface area contributed by atoms with Crippen LogP contribution in [0.1, 0.15) is 41.0 Å². The fraction of sp³-hybridized carbons (Fsp3) is 0.212. The van der Waals surface area contributed by atoms with Gasteiger partial charge < -0.3 is 24.3 Å². The first-order valence-corrected chi connectivity index (χ1v) is 13.7. The summed E-state index contributed by atoms with van der Waals surface area (Å²) in [4.78, 5) is 16.2. The van der Waals surface area contributed by atoms with Crippen molar-refractivity contribution in [3.8, 4) is 23.0 Å². The molecule has 1 aliphatic rings. The van der Waals surface area contributed by atoms with E-state index in [0.717, 1.165) is 46.0 Å². The number of methoxy groups -OCH3 is 2. The normalized spacial score (nSPS) is 14.1. The first-order valence-electron chi connectivity index (χ1n) is 13.7. The number of urea groups is 1. The molecule has 208 valence electrons. The minimum atomic E-state index is -0.358. The topological polar surface area (TPSA) is 73.6 Å². The number of nitrogens with zero attached hydrogens (tertiary/aromatic N) is 4. The van der Waals surface area contributed by atoms with E-state index in [4.69, 9.17) is 14.6 Å². The third kappa shape index (κ3) is 4.71. The van der Waals surface area contributed by atoms with Crippen LogP contribution in [0.25, 0.3) is 11.5 Å². The van der Waals surface area contributed by atoms with Crippen molar-refractivity contribution in [1.82, 2.24) is 19.2 Å². The standard InChI is InChI=1S/C33H33N5O3/c1-5-27-26-21-37(33(39)34-28-20-25(40-3)16-17-30(28)41-4)31(23-12-9-11-22(2)19-23)29-15-10-18-36(29)32(26)38(35-27)24-13-7-6-8-14-24/h6-20,31H,5,21H2,1-4H3,(H,34,39)/t31-/m1/s1. The number of amides is 2. The lowest BCUT2D eigenvalue weighted by Gasteiger charge is -2.31. The van der Waals surface area contributed by atoms with E-state index < -0.39 is 0 Å². The smallest absolute Gasteiger partial charge is 0.323 e. The zero-order valence-electron chi connectivity index (χ0n) is 23.7. The molecule has 0 fully saturated rings. The van der Waals surface area contributed by atoms with Gasteiger partial charge in [0.2, 0.25) is 0 Å². The molecule has 5 aromatic rings. The van der Waals surface area contributed by atoms with Gasteiger partial charge in [-0.1, -0.05) is 55.0 Å². The summed E-state index contributed by atoms with van der Waals surface area (Å²) in [5.41, 5.74) is 6.59. The van der Waals surface area contributed by atoms with Crippen molar-refractivity contribution in [1.29, 1.82) is 0 Å². The van der Waals surface area contributed by atoms with Crippen LogP contribution < -0.4 is 14.8 Å². The van der Waals surface area contributed by atoms with Crippen LogP contribution in [0.4, 0.5) is 10.5 Å². The molecule has 2 aromatic heterocycles. The van der Waals surface area contributed by atoms with E-state index in [9.17, 15) is 4.79 Å². The number of carbonyl (C=O) groups excluding carboxylic acids is 1. The van der Waals surface area contributed by atoms with Gasteiger partial charge in [-0.15, -0.1) is 0 Å². The third-order valence-electron chi connectivity index (χ3n) is 7.57. The highest BCUT2D eigenvalue weighted by molar-refractivity contribution is 5.92. The molecular formula is C33H33N5O3. The Labute approximate surface area is 239 Å². The lowest BCUT2D eigenvalue weighted by Crippen LogP contribution is -2.38. The van der Waals surface area contributed by atoms with Crippen LogP contribution >= 0.6 is 0 Å². The number of fused-ring (bicyclic) bond motifs is 3. The van der Waals surface area contributed by atoms with Gasteiger partial charge in [0, 0.05) is 17.8 Å². The molecule has 1 N–H and O–H groups in total. The van der Waals surface area contributed by atoms with E-state index in [1.165, 1.54) is 0 Å². The van der Waals surface area contributed by atoms with Crippen molar-refractivity contribution in [2.75, 3.05) is 19.5 Å². The van der Waals surface area contributed by atoms with Crippen LogP contribution in [0, 0.1) is 6.92 Å². The molecule has 0 saturated carbocycles. The Kier molecular flexibility index (Phi) is 6.97. The minimum absolute atomic E-state index is 0.252. The molecule has 3 aromatic carbocycles. The average Bonchev–Trinajstić information content (AvgIpc) is 3.58. The molecule has 3 heterocycles. The predicted octanol–water partition coefficient (Wildman–Crippen LogP) is 6.69. The molecule has 6 rings (SSSR count). The highest BCUT2D eigenvalue weighted by Crippen LogP contribution is 2.40. The van der Waals surface area contributed by atoms with E-state index in [2.05, 4.69) is 66.3 Å². The number of rotatable bonds is 6. The van der Waals surface area contributed by atoms with Crippen LogP contribution in [0.15, 0.2) is 91.1 Å². The Morgan fingerprint density at radius 3 is 2.54 bits per heavy atom. The molecule has 41 heavy (non-hydrogen) atoms. The molecule has 0 aliphatic carbocycles. The molecule has 1 aliphatic heterocycles. The molecule has 1 atom stereocenters. The maximum atomic E-state index is 14.4. The second kappa shape index (κ2) is 10.9. The number of nitrogens with one attached hydrogen (secondary N) is 1. The van der Waals surface area contributed by atoms with Crippen molar-refractivity contribution in [3.05, 3.63) is 119 Å². The van der Waals surface area contributed by atoms with Crippen molar-refractivity contribution in [3.63, 3.8) is 0 Å². The SMILES string of the molecule is CCc1nn(-c2ccccc2)c2c1CN(C(=O)Nc1cc(OC)ccc1OC)[C@H](c1cccc(C)c1)c1cccn1-2. The lowest BCUT2D eigenvalue weighted by atomic mass is 10.00. The van der Waals surface area contributed by atoms with Gasteiger partial charge in [0.15, 0.2) is 0 Å². The summed E-state index contributed by atoms with van der Waals surface area (Å²) >= 11 is 0. The maximum absolute atomic E-state index is 14.4. The first-order chi connectivity index (χ1) is 20.0. The molecular weight excluding hydrogens is 514 g/mol. The summed E-state index contributed by atoms with van der Waals surface area (Å²) < 4.78 is 15.2. The van der Waals surface area contributed by atoms with E-state index >= 15 is 0 Å². The number of carbonyl (C=O) groups is 1. The Morgan fingerprint density at radius 1 is 0.976 bits per heavy atom. The van der Waals surface area contributed by atoms with Crippen LogP contribution in [0.5, 0.6) is 11.5 Å². The van der Waals surface area contributed by atoms with Crippen molar-refractivity contribution < 1.29 is 14.3 Å². The Balaban J connectivity index is 1.54. The summed E-state index contributed by atoms with van der Waals surface area (Å²) in [6.07, 6.45) is 2.79. The minimum Gasteiger partial charge on any atom is -0.497 e. The number of aromatic nitrogens is 3. The Hall–Kier alpha value is -4.98. The van der Waals surface area contributed by atoms with Gasteiger partial charge in [-0.25, -0.2) is 9.48 Å². The van der Waals surface area contributed by atoms with Gasteiger partial charge in [0.25, 0.3) is 0 Å². The maximum Gasteiger partial charge on any atom is 0.323 e. The Bertz CT molecular complexity index is 1710. The molecule has 0 saturated heterocycles. The van der Waals surface area contributed by atoms with E-state index in [-0.39, 0.29) is 12.1 Å². The monoisotopic (exact) mass is 547 g/mol. The van der Waals surface area contributed by atoms with Gasteiger partial charge in [-0.3, -0.25) is 0 Å². The summed E-state index contributed by atoms with van der Waals surface area (Å²) in [5, 5.41) is 8.16. The number of anilines is 1. The number of para-hydroxylation sites is 1. The molecule has 0 spiro atoms. The number of aryl methyl sites for hydroxylation is 2. The van der Waals surface area contributed by atoms with Crippen LogP contribution in [-0.4, -0.2) is 39.5 Å². The molecule has 0 unspecified atom stereocenters. The van der Waals surface area contributed by atoms with Gasteiger partial charge in [0.1, 0.15) is 17.3 Å². The number of benzene rings is 3. The van der Waals surface area contributed by atoms with Gasteiger partial charge in [-0.05, 0) is 55.3 Å². The second-order valence-electron chi connectivity index (χ2n) is 10.1. The molecule has 0 radical (unpaired) electrons. The third-order valence-corrected chi connectivity index (χ3v) is 7.57. The number of ether oxygens (including phenoxy) is 2. The lowest BCUT2D eigenvalue weighted by molar-refractivity contribution is 0.194. The number of hydrogen-bond donors (Lipinski definition) is 1. The summed E-state index contributed by atoms with van der Waals surface area (Å²) in [6, 6.07) is 27.4. The molecule has 8 nitrogen and oxygen atoms in total. The fourth-order valence-electron chi connectivity index (χ4n) is 5.64. The Morgan fingerprint density at radius 2 is 1.80 bits per heavy atom. The van der Waals surface area contributed by atoms with E-state index in [0.29, 0.717) is 23.7 Å². The molecule has 8 heteroatoms. The van der Waals surface area contributed by atoms with Crippen molar-refractivity contribution in [2.45, 2.75) is 32.9 Å². The zero-order valence-corrected chi connectivity index (χ0v) is 23.7. The van der Waals surface area contributed by atoms with Gasteiger partial charge in [0.05, 0.1) is 49.6 Å². The van der Waals surface area contributed by atoms with Gasteiger partial charge >= 0.3 is 6.03 Å². The van der Waals surface area contributed by atoms with Crippen LogP contribution in [-0.2, 0) is 13.0 Å². The quantitative estimate of drug-likeness (QED) is 0.257. The highest BCUT2D eigenvalue weighted by atomic mass is 16.5. The van der Waals surface area contributed by atoms with Crippen LogP contribution in [0.2, 0.25) is 0 Å². The second-order valence-corrected chi connectivity index (χ2v) is 10.1. The average molecular weight is 548 g/mol. The van der Waals surface area contributed by atoms with Gasteiger partial charge in [-0.2, -0.15) is 5.10 Å². The van der Waals surface area contributed by atoms with E-state index in [1.54, 1.807) is 32.4 Å². The largest absolute Gasteiger partial charge is 0.497 e. The van der Waals surface area contributed by atoms with Crippen molar-refractivity contribution in [2.24, 2.45) is 0 Å². The molecule has 2 amide bonds. The fourth-order valence-corrected chi connectivity index (χ4v) is 5.64.